The highest BCUT2D eigenvalue weighted by atomic mass is 16.5. The van der Waals surface area contributed by atoms with Crippen molar-refractivity contribution in [2.24, 2.45) is 5.92 Å². The first-order valence-corrected chi connectivity index (χ1v) is 15.5. The molecule has 1 aliphatic rings. The predicted molar refractivity (Wildman–Crippen MR) is 169 cm³/mol. The summed E-state index contributed by atoms with van der Waals surface area (Å²) in [5.74, 6) is 1.02. The van der Waals surface area contributed by atoms with Gasteiger partial charge in [-0.15, -0.1) is 0 Å². The molecule has 0 aliphatic carbocycles. The summed E-state index contributed by atoms with van der Waals surface area (Å²) in [5.41, 5.74) is 2.26. The van der Waals surface area contributed by atoms with E-state index in [0.29, 0.717) is 58.6 Å². The molecule has 0 fully saturated rings. The highest BCUT2D eigenvalue weighted by Gasteiger charge is 2.27. The number of carbonyl (C=O) groups is 4. The van der Waals surface area contributed by atoms with Crippen LogP contribution in [0.15, 0.2) is 18.2 Å². The van der Waals surface area contributed by atoms with E-state index >= 15 is 0 Å². The fourth-order valence-electron chi connectivity index (χ4n) is 5.61. The standard InChI is InChI=1S/C32H44N8O6/c1-19(2)30-31-34-23(6)37-40(31)15-16-46-26-17-24(9-10-25(26)45-7)32(44)33-12-8-13-38(18-27(42)35-30)28(43)11-14-39-21(4)29(22(5)41)20(3)36-39/h9-10,17,19,30H,8,11-16,18H2,1-7H3,(H,33,44)(H,35,42)/t30-/m0/s1. The zero-order chi connectivity index (χ0) is 33.5. The molecule has 46 heavy (non-hydrogen) atoms. The second-order valence-corrected chi connectivity index (χ2v) is 11.7. The Labute approximate surface area is 268 Å². The molecule has 2 aromatic heterocycles. The zero-order valence-electron chi connectivity index (χ0n) is 27.7. The fraction of sp³-hybridized carbons (Fsp3) is 0.531. The minimum atomic E-state index is -0.471. The highest BCUT2D eigenvalue weighted by Crippen LogP contribution is 2.28. The van der Waals surface area contributed by atoms with E-state index in [1.54, 1.807) is 48.3 Å². The van der Waals surface area contributed by atoms with Crippen LogP contribution in [0.5, 0.6) is 11.5 Å². The van der Waals surface area contributed by atoms with Crippen molar-refractivity contribution in [3.63, 3.8) is 0 Å². The van der Waals surface area contributed by atoms with Gasteiger partial charge in [-0.3, -0.25) is 23.9 Å². The van der Waals surface area contributed by atoms with Crippen LogP contribution in [0, 0.1) is 26.7 Å². The van der Waals surface area contributed by atoms with E-state index in [0.717, 1.165) is 0 Å². The lowest BCUT2D eigenvalue weighted by molar-refractivity contribution is -0.136. The molecule has 0 saturated carbocycles. The van der Waals surface area contributed by atoms with Gasteiger partial charge in [0.1, 0.15) is 18.3 Å². The van der Waals surface area contributed by atoms with Gasteiger partial charge in [-0.2, -0.15) is 10.2 Å². The molecule has 3 amide bonds. The van der Waals surface area contributed by atoms with Gasteiger partial charge in [0.25, 0.3) is 5.91 Å². The lowest BCUT2D eigenvalue weighted by atomic mass is 10.0. The van der Waals surface area contributed by atoms with Crippen LogP contribution in [0.25, 0.3) is 0 Å². The lowest BCUT2D eigenvalue weighted by Crippen LogP contribution is -2.44. The quantitative estimate of drug-likeness (QED) is 0.387. The minimum Gasteiger partial charge on any atom is -0.493 e. The van der Waals surface area contributed by atoms with E-state index < -0.39 is 6.04 Å². The maximum absolute atomic E-state index is 13.5. The van der Waals surface area contributed by atoms with Crippen molar-refractivity contribution in [3.8, 4) is 11.5 Å². The van der Waals surface area contributed by atoms with Crippen LogP contribution in [0.4, 0.5) is 0 Å². The third-order valence-electron chi connectivity index (χ3n) is 7.90. The summed E-state index contributed by atoms with van der Waals surface area (Å²) in [4.78, 5) is 58.2. The molecule has 0 radical (unpaired) electrons. The summed E-state index contributed by atoms with van der Waals surface area (Å²) in [6.07, 6.45) is 0.495. The number of Topliss-reactive ketones (excluding diaryl/α,β-unsaturated/α-hetero) is 1. The summed E-state index contributed by atoms with van der Waals surface area (Å²) >= 11 is 0. The number of benzene rings is 1. The van der Waals surface area contributed by atoms with Crippen LogP contribution in [0.2, 0.25) is 0 Å². The van der Waals surface area contributed by atoms with Crippen molar-refractivity contribution in [1.29, 1.82) is 0 Å². The Morgan fingerprint density at radius 1 is 1.13 bits per heavy atom. The summed E-state index contributed by atoms with van der Waals surface area (Å²) < 4.78 is 14.8. The summed E-state index contributed by atoms with van der Waals surface area (Å²) in [6, 6.07) is 4.50. The molecule has 2 N–H and O–H groups in total. The fourth-order valence-corrected chi connectivity index (χ4v) is 5.61. The summed E-state index contributed by atoms with van der Waals surface area (Å²) in [6.45, 7) is 11.9. The summed E-state index contributed by atoms with van der Waals surface area (Å²) in [7, 11) is 1.53. The number of hydrogen-bond donors (Lipinski definition) is 2. The molecular weight excluding hydrogens is 592 g/mol. The zero-order valence-corrected chi connectivity index (χ0v) is 27.7. The van der Waals surface area contributed by atoms with E-state index in [1.165, 1.54) is 18.9 Å². The number of nitrogens with one attached hydrogen (secondary N) is 2. The summed E-state index contributed by atoms with van der Waals surface area (Å²) in [5, 5.41) is 14.9. The Morgan fingerprint density at radius 2 is 1.89 bits per heavy atom. The van der Waals surface area contributed by atoms with Crippen LogP contribution < -0.4 is 20.1 Å². The molecule has 0 unspecified atom stereocenters. The number of fused-ring (bicyclic) bond motifs is 3. The molecule has 3 heterocycles. The van der Waals surface area contributed by atoms with Crippen molar-refractivity contribution in [2.45, 2.75) is 73.5 Å². The molecule has 14 heteroatoms. The van der Waals surface area contributed by atoms with Crippen LogP contribution >= 0.6 is 0 Å². The predicted octanol–water partition coefficient (Wildman–Crippen LogP) is 2.56. The Bertz CT molecular complexity index is 1590. The van der Waals surface area contributed by atoms with Gasteiger partial charge < -0.3 is 25.0 Å². The first-order chi connectivity index (χ1) is 21.9. The number of carbonyl (C=O) groups excluding carboxylic acids is 4. The molecule has 0 saturated heterocycles. The van der Waals surface area contributed by atoms with E-state index in [-0.39, 0.29) is 68.6 Å². The van der Waals surface area contributed by atoms with Crippen molar-refractivity contribution >= 4 is 23.5 Å². The largest absolute Gasteiger partial charge is 0.493 e. The minimum absolute atomic E-state index is 0.0320. The van der Waals surface area contributed by atoms with Crippen molar-refractivity contribution < 1.29 is 28.7 Å². The van der Waals surface area contributed by atoms with E-state index in [9.17, 15) is 19.2 Å². The van der Waals surface area contributed by atoms with Crippen LogP contribution in [-0.4, -0.2) is 86.3 Å². The van der Waals surface area contributed by atoms with Crippen molar-refractivity contribution in [2.75, 3.05) is 33.4 Å². The van der Waals surface area contributed by atoms with Gasteiger partial charge in [0.2, 0.25) is 11.8 Å². The van der Waals surface area contributed by atoms with Gasteiger partial charge in [0.15, 0.2) is 17.3 Å². The molecular formula is C32H44N8O6. The number of ether oxygens (including phenoxy) is 2. The van der Waals surface area contributed by atoms with Gasteiger partial charge in [-0.05, 0) is 58.2 Å². The molecule has 3 aromatic rings. The van der Waals surface area contributed by atoms with Crippen LogP contribution in [0.3, 0.4) is 0 Å². The van der Waals surface area contributed by atoms with Gasteiger partial charge in [-0.25, -0.2) is 9.67 Å². The number of aromatic nitrogens is 5. The molecule has 1 aliphatic heterocycles. The van der Waals surface area contributed by atoms with E-state index in [2.05, 4.69) is 25.8 Å². The Kier molecular flexibility index (Phi) is 11.1. The monoisotopic (exact) mass is 636 g/mol. The number of ketones is 1. The molecule has 4 rings (SSSR count). The lowest BCUT2D eigenvalue weighted by Gasteiger charge is -2.26. The van der Waals surface area contributed by atoms with E-state index in [1.807, 2.05) is 13.8 Å². The second kappa shape index (κ2) is 15.0. The van der Waals surface area contributed by atoms with Crippen molar-refractivity contribution in [3.05, 3.63) is 52.4 Å². The van der Waals surface area contributed by atoms with Crippen LogP contribution in [-0.2, 0) is 22.7 Å². The topological polar surface area (TPSA) is 163 Å². The van der Waals surface area contributed by atoms with Crippen molar-refractivity contribution in [1.82, 2.24) is 40.1 Å². The maximum Gasteiger partial charge on any atom is 0.251 e. The van der Waals surface area contributed by atoms with E-state index in [4.69, 9.17) is 9.47 Å². The van der Waals surface area contributed by atoms with Gasteiger partial charge >= 0.3 is 0 Å². The van der Waals surface area contributed by atoms with Gasteiger partial charge in [0.05, 0.1) is 37.5 Å². The SMILES string of the molecule is COc1ccc2cc1OCCn1nc(C)nc1[C@H](C(C)C)NC(=O)CN(C(=O)CCn1nc(C)c(C(C)=O)c1C)CCCNC2=O. The highest BCUT2D eigenvalue weighted by molar-refractivity contribution is 5.96. The third kappa shape index (κ3) is 8.09. The molecule has 1 atom stereocenters. The van der Waals surface area contributed by atoms with Crippen LogP contribution in [0.1, 0.15) is 83.4 Å². The number of aryl methyl sites for hydroxylation is 3. The Balaban J connectivity index is 1.59. The first-order valence-electron chi connectivity index (χ1n) is 15.5. The smallest absolute Gasteiger partial charge is 0.251 e. The Hall–Kier alpha value is -4.75. The second-order valence-electron chi connectivity index (χ2n) is 11.7. The van der Waals surface area contributed by atoms with Gasteiger partial charge in [-0.1, -0.05) is 13.8 Å². The molecule has 248 valence electrons. The third-order valence-corrected chi connectivity index (χ3v) is 7.90. The number of rotatable bonds is 6. The molecule has 14 nitrogen and oxygen atoms in total. The molecule has 0 spiro atoms. The number of amides is 3. The molecule has 1 aromatic carbocycles. The first kappa shape index (κ1) is 34.1. The number of methoxy groups -OCH3 is 1. The maximum atomic E-state index is 13.5. The Morgan fingerprint density at radius 3 is 2.57 bits per heavy atom. The normalized spacial score (nSPS) is 16.5. The average Bonchev–Trinajstić information content (AvgIpc) is 3.51. The van der Waals surface area contributed by atoms with Gasteiger partial charge in [0, 0.05) is 37.3 Å². The molecule has 2 bridgehead atoms. The number of nitrogens with zero attached hydrogens (tertiary/aromatic N) is 6. The average molecular weight is 637 g/mol. The number of hydrogen-bond acceptors (Lipinski definition) is 9.